The van der Waals surface area contributed by atoms with Gasteiger partial charge in [-0.15, -0.1) is 11.3 Å². The van der Waals surface area contributed by atoms with Crippen LogP contribution in [0.4, 0.5) is 0 Å². The van der Waals surface area contributed by atoms with Crippen LogP contribution < -0.4 is 5.56 Å². The third kappa shape index (κ3) is 3.87. The maximum atomic E-state index is 12.9. The highest BCUT2D eigenvalue weighted by atomic mass is 35.5. The van der Waals surface area contributed by atoms with Crippen LogP contribution in [0.1, 0.15) is 29.5 Å². The van der Waals surface area contributed by atoms with Gasteiger partial charge in [0.05, 0.1) is 5.39 Å². The summed E-state index contributed by atoms with van der Waals surface area (Å²) in [6.07, 6.45) is 4.81. The van der Waals surface area contributed by atoms with Crippen LogP contribution in [0.25, 0.3) is 21.3 Å². The Kier molecular flexibility index (Phi) is 5.20. The molecule has 0 amide bonds. The van der Waals surface area contributed by atoms with Gasteiger partial charge in [-0.1, -0.05) is 53.7 Å². The van der Waals surface area contributed by atoms with Crippen LogP contribution in [0.2, 0.25) is 5.02 Å². The number of aromatic nitrogens is 2. The minimum absolute atomic E-state index is 0.0671. The Labute approximate surface area is 182 Å². The number of halogens is 1. The van der Waals surface area contributed by atoms with Crippen LogP contribution in [-0.2, 0) is 18.6 Å². The van der Waals surface area contributed by atoms with Crippen LogP contribution >= 0.6 is 34.7 Å². The number of nitrogens with one attached hydrogen (secondary N) is 1. The minimum atomic E-state index is -0.0671. The first-order chi connectivity index (χ1) is 14.2. The molecule has 0 unspecified atom stereocenters. The molecule has 5 rings (SSSR count). The van der Waals surface area contributed by atoms with Crippen molar-refractivity contribution >= 4 is 44.9 Å². The van der Waals surface area contributed by atoms with E-state index in [1.807, 2.05) is 24.3 Å². The molecule has 1 aliphatic carbocycles. The summed E-state index contributed by atoms with van der Waals surface area (Å²) < 4.78 is 0. The number of thiophene rings is 1. The Morgan fingerprint density at radius 1 is 1.07 bits per heavy atom. The molecule has 0 fully saturated rings. The second-order valence-corrected chi connectivity index (χ2v) is 9.56. The molecule has 29 heavy (non-hydrogen) atoms. The predicted octanol–water partition coefficient (Wildman–Crippen LogP) is 6.48. The number of thioether (sulfide) groups is 1. The number of fused-ring (bicyclic) bond motifs is 2. The topological polar surface area (TPSA) is 45.8 Å². The van der Waals surface area contributed by atoms with E-state index in [1.54, 1.807) is 0 Å². The van der Waals surface area contributed by atoms with Crippen LogP contribution in [0.15, 0.2) is 57.8 Å². The van der Waals surface area contributed by atoms with Crippen molar-refractivity contribution in [2.45, 2.75) is 36.6 Å². The number of nitrogens with zero attached hydrogens (tertiary/aromatic N) is 1. The van der Waals surface area contributed by atoms with Crippen molar-refractivity contribution in [2.24, 2.45) is 0 Å². The first-order valence-electron chi connectivity index (χ1n) is 9.68. The van der Waals surface area contributed by atoms with E-state index >= 15 is 0 Å². The van der Waals surface area contributed by atoms with Crippen LogP contribution in [0.3, 0.4) is 0 Å². The molecule has 0 saturated carbocycles. The molecule has 0 aliphatic heterocycles. The number of aromatic amines is 1. The lowest BCUT2D eigenvalue weighted by Crippen LogP contribution is -2.09. The molecule has 4 aromatic rings. The SMILES string of the molecule is O=c1[nH]c(SCc2ccc(Cl)cc2)nc2scc(-c3ccc4c(c3)CCCC4)c12. The number of hydrogen-bond donors (Lipinski definition) is 1. The van der Waals surface area contributed by atoms with E-state index in [-0.39, 0.29) is 5.56 Å². The van der Waals surface area contributed by atoms with Gasteiger partial charge in [-0.05, 0) is 60.1 Å². The van der Waals surface area contributed by atoms with E-state index in [2.05, 4.69) is 28.6 Å². The first kappa shape index (κ1) is 18.9. The number of H-pyrrole nitrogens is 1. The van der Waals surface area contributed by atoms with E-state index in [0.717, 1.165) is 45.1 Å². The van der Waals surface area contributed by atoms with E-state index in [9.17, 15) is 4.79 Å². The summed E-state index contributed by atoms with van der Waals surface area (Å²) in [6.45, 7) is 0. The second kappa shape index (κ2) is 7.98. The Morgan fingerprint density at radius 2 is 1.86 bits per heavy atom. The first-order valence-corrected chi connectivity index (χ1v) is 11.9. The highest BCUT2D eigenvalue weighted by Crippen LogP contribution is 2.34. The minimum Gasteiger partial charge on any atom is -0.301 e. The van der Waals surface area contributed by atoms with E-state index < -0.39 is 0 Å². The molecule has 146 valence electrons. The number of aryl methyl sites for hydroxylation is 2. The largest absolute Gasteiger partial charge is 0.301 e. The van der Waals surface area contributed by atoms with Crippen molar-refractivity contribution in [1.82, 2.24) is 9.97 Å². The summed E-state index contributed by atoms with van der Waals surface area (Å²) in [7, 11) is 0. The van der Waals surface area contributed by atoms with Gasteiger partial charge in [0.15, 0.2) is 5.16 Å². The lowest BCUT2D eigenvalue weighted by molar-refractivity contribution is 0.686. The molecule has 1 N–H and O–H groups in total. The quantitative estimate of drug-likeness (QED) is 0.293. The van der Waals surface area contributed by atoms with Crippen LogP contribution in [-0.4, -0.2) is 9.97 Å². The molecule has 0 radical (unpaired) electrons. The van der Waals surface area contributed by atoms with Gasteiger partial charge in [-0.3, -0.25) is 4.79 Å². The van der Waals surface area contributed by atoms with E-state index in [1.165, 1.54) is 47.1 Å². The van der Waals surface area contributed by atoms with Crippen molar-refractivity contribution in [3.05, 3.63) is 79.9 Å². The Bertz CT molecular complexity index is 1240. The maximum Gasteiger partial charge on any atom is 0.260 e. The fourth-order valence-corrected chi connectivity index (χ4v) is 5.79. The summed E-state index contributed by atoms with van der Waals surface area (Å²) in [5, 5.41) is 4.13. The maximum absolute atomic E-state index is 12.9. The average molecular weight is 439 g/mol. The zero-order valence-corrected chi connectivity index (χ0v) is 18.1. The fraction of sp³-hybridized carbons (Fsp3) is 0.217. The zero-order chi connectivity index (χ0) is 19.8. The van der Waals surface area contributed by atoms with Gasteiger partial charge in [0.2, 0.25) is 0 Å². The van der Waals surface area contributed by atoms with Gasteiger partial charge in [0, 0.05) is 21.7 Å². The average Bonchev–Trinajstić information content (AvgIpc) is 3.18. The molecule has 2 heterocycles. The Balaban J connectivity index is 1.45. The summed E-state index contributed by atoms with van der Waals surface area (Å²) in [4.78, 5) is 21.3. The zero-order valence-electron chi connectivity index (χ0n) is 15.7. The molecule has 6 heteroatoms. The molecule has 3 nitrogen and oxygen atoms in total. The molecule has 0 bridgehead atoms. The standard InChI is InChI=1S/C23H19ClN2OS2/c24-18-9-5-14(6-10-18)12-29-23-25-21(27)20-19(13-28-22(20)26-23)17-8-7-15-3-1-2-4-16(15)11-17/h5-11,13H,1-4,12H2,(H,25,26,27). The van der Waals surface area contributed by atoms with E-state index in [0.29, 0.717) is 10.5 Å². The van der Waals surface area contributed by atoms with Crippen LogP contribution in [0, 0.1) is 0 Å². The van der Waals surface area contributed by atoms with E-state index in [4.69, 9.17) is 16.6 Å². The summed E-state index contributed by atoms with van der Waals surface area (Å²) in [6, 6.07) is 14.4. The van der Waals surface area contributed by atoms with Crippen molar-refractivity contribution in [1.29, 1.82) is 0 Å². The Hall–Kier alpha value is -2.08. The van der Waals surface area contributed by atoms with Crippen molar-refractivity contribution < 1.29 is 0 Å². The van der Waals surface area contributed by atoms with Gasteiger partial charge in [-0.2, -0.15) is 0 Å². The molecule has 0 spiro atoms. The normalized spacial score (nSPS) is 13.6. The van der Waals surface area contributed by atoms with Crippen molar-refractivity contribution in [3.63, 3.8) is 0 Å². The third-order valence-corrected chi connectivity index (χ3v) is 7.44. The van der Waals surface area contributed by atoms with Gasteiger partial charge in [0.25, 0.3) is 5.56 Å². The van der Waals surface area contributed by atoms with Crippen molar-refractivity contribution in [2.75, 3.05) is 0 Å². The fourth-order valence-electron chi connectivity index (χ4n) is 3.84. The molecule has 0 atom stereocenters. The highest BCUT2D eigenvalue weighted by Gasteiger charge is 2.16. The van der Waals surface area contributed by atoms with Gasteiger partial charge in [0.1, 0.15) is 4.83 Å². The van der Waals surface area contributed by atoms with Crippen molar-refractivity contribution in [3.8, 4) is 11.1 Å². The number of hydrogen-bond acceptors (Lipinski definition) is 4. The number of benzene rings is 2. The summed E-state index contributed by atoms with van der Waals surface area (Å²) in [5.41, 5.74) is 6.05. The summed E-state index contributed by atoms with van der Waals surface area (Å²) in [5.74, 6) is 0.731. The lowest BCUT2D eigenvalue weighted by atomic mass is 9.89. The third-order valence-electron chi connectivity index (χ3n) is 5.37. The highest BCUT2D eigenvalue weighted by molar-refractivity contribution is 7.98. The monoisotopic (exact) mass is 438 g/mol. The predicted molar refractivity (Wildman–Crippen MR) is 123 cm³/mol. The molecule has 2 aromatic carbocycles. The molecular formula is C23H19ClN2OS2. The molecule has 0 saturated heterocycles. The number of rotatable bonds is 4. The molecule has 1 aliphatic rings. The lowest BCUT2D eigenvalue weighted by Gasteiger charge is -2.16. The second-order valence-electron chi connectivity index (χ2n) is 7.31. The van der Waals surface area contributed by atoms with Gasteiger partial charge in [-0.25, -0.2) is 4.98 Å². The molecular weight excluding hydrogens is 420 g/mol. The van der Waals surface area contributed by atoms with Crippen LogP contribution in [0.5, 0.6) is 0 Å². The van der Waals surface area contributed by atoms with Gasteiger partial charge < -0.3 is 4.98 Å². The smallest absolute Gasteiger partial charge is 0.260 e. The summed E-state index contributed by atoms with van der Waals surface area (Å²) >= 11 is 9.01. The van der Waals surface area contributed by atoms with Gasteiger partial charge >= 0.3 is 0 Å². The Morgan fingerprint density at radius 3 is 2.69 bits per heavy atom. The molecule has 2 aromatic heterocycles.